The van der Waals surface area contributed by atoms with Crippen molar-refractivity contribution in [2.75, 3.05) is 13.2 Å². The van der Waals surface area contributed by atoms with E-state index in [0.717, 1.165) is 27.6 Å². The molecule has 0 atom stereocenters. The number of benzene rings is 3. The minimum absolute atomic E-state index is 0.258. The highest BCUT2D eigenvalue weighted by atomic mass is 16.6. The van der Waals surface area contributed by atoms with Crippen LogP contribution in [-0.4, -0.2) is 25.1 Å². The number of hydrogen-bond donors (Lipinski definition) is 2. The number of para-hydroxylation sites is 1. The lowest BCUT2D eigenvalue weighted by Gasteiger charge is -2.21. The van der Waals surface area contributed by atoms with E-state index < -0.39 is 5.91 Å². The molecule has 0 unspecified atom stereocenters. The summed E-state index contributed by atoms with van der Waals surface area (Å²) < 4.78 is 11.5. The number of rotatable bonds is 2. The number of nitrogens with two attached hydrogens (primary N) is 2. The lowest BCUT2D eigenvalue weighted by atomic mass is 9.95. The molecular weight excluding hydrogens is 330 g/mol. The van der Waals surface area contributed by atoms with Crippen molar-refractivity contribution in [3.8, 4) is 22.6 Å². The van der Waals surface area contributed by atoms with Crippen molar-refractivity contribution < 1.29 is 14.3 Å². The third kappa shape index (κ3) is 2.82. The molecule has 0 bridgehead atoms. The molecule has 4 N–H and O–H groups in total. The first kappa shape index (κ1) is 16.0. The summed E-state index contributed by atoms with van der Waals surface area (Å²) in [4.78, 5) is 15.8. The standard InChI is InChI=1S/C20H17N3O3/c21-20(22)23-19(24)13-8-7-12-3-1-4-14(16(12)11-13)15-5-2-6-17-18(15)26-10-9-25-17/h1-8,11H,9-10H2,(H4,21,22,23,24). The van der Waals surface area contributed by atoms with Crippen molar-refractivity contribution in [1.29, 1.82) is 0 Å². The van der Waals surface area contributed by atoms with Crippen molar-refractivity contribution in [3.05, 3.63) is 60.2 Å². The highest BCUT2D eigenvalue weighted by Crippen LogP contribution is 2.42. The summed E-state index contributed by atoms with van der Waals surface area (Å²) in [5, 5.41) is 1.91. The molecule has 3 aromatic rings. The fourth-order valence-electron chi connectivity index (χ4n) is 3.11. The maximum Gasteiger partial charge on any atom is 0.280 e. The minimum Gasteiger partial charge on any atom is -0.486 e. The number of ether oxygens (including phenoxy) is 2. The van der Waals surface area contributed by atoms with Crippen LogP contribution in [0.4, 0.5) is 0 Å². The summed E-state index contributed by atoms with van der Waals surface area (Å²) in [6, 6.07) is 17.1. The number of guanidine groups is 1. The largest absolute Gasteiger partial charge is 0.486 e. The van der Waals surface area contributed by atoms with Gasteiger partial charge in [-0.3, -0.25) is 4.79 Å². The summed E-state index contributed by atoms with van der Waals surface area (Å²) in [5.41, 5.74) is 12.9. The van der Waals surface area contributed by atoms with Crippen LogP contribution in [0.25, 0.3) is 21.9 Å². The van der Waals surface area contributed by atoms with E-state index in [1.54, 1.807) is 12.1 Å². The highest BCUT2D eigenvalue weighted by molar-refractivity contribution is 6.06. The van der Waals surface area contributed by atoms with Gasteiger partial charge in [-0.1, -0.05) is 36.4 Å². The smallest absolute Gasteiger partial charge is 0.280 e. The topological polar surface area (TPSA) is 99.9 Å². The molecule has 1 amide bonds. The van der Waals surface area contributed by atoms with E-state index in [4.69, 9.17) is 20.9 Å². The predicted molar refractivity (Wildman–Crippen MR) is 101 cm³/mol. The Bertz CT molecular complexity index is 1040. The zero-order valence-electron chi connectivity index (χ0n) is 13.9. The molecule has 3 aromatic carbocycles. The Morgan fingerprint density at radius 3 is 2.54 bits per heavy atom. The Morgan fingerprint density at radius 1 is 0.923 bits per heavy atom. The van der Waals surface area contributed by atoms with Crippen molar-refractivity contribution in [1.82, 2.24) is 0 Å². The van der Waals surface area contributed by atoms with E-state index in [1.165, 1.54) is 0 Å². The Morgan fingerprint density at radius 2 is 1.69 bits per heavy atom. The van der Waals surface area contributed by atoms with Crippen molar-refractivity contribution in [2.24, 2.45) is 16.5 Å². The number of carbonyl (C=O) groups excluding carboxylic acids is 1. The molecule has 0 saturated heterocycles. The molecule has 0 aromatic heterocycles. The second kappa shape index (κ2) is 6.40. The summed E-state index contributed by atoms with van der Waals surface area (Å²) >= 11 is 0. The molecule has 0 saturated carbocycles. The van der Waals surface area contributed by atoms with E-state index in [9.17, 15) is 4.79 Å². The molecule has 1 aliphatic heterocycles. The van der Waals surface area contributed by atoms with Gasteiger partial charge in [0.25, 0.3) is 5.91 Å². The van der Waals surface area contributed by atoms with Crippen molar-refractivity contribution >= 4 is 22.6 Å². The molecule has 0 fully saturated rings. The maximum atomic E-state index is 12.2. The zero-order valence-corrected chi connectivity index (χ0v) is 13.9. The van der Waals surface area contributed by atoms with Gasteiger partial charge in [0.05, 0.1) is 0 Å². The molecule has 4 rings (SSSR count). The minimum atomic E-state index is -0.476. The first-order valence-electron chi connectivity index (χ1n) is 8.19. The number of nitrogens with zero attached hydrogens (tertiary/aromatic N) is 1. The Labute approximate surface area is 150 Å². The Hall–Kier alpha value is -3.54. The van der Waals surface area contributed by atoms with E-state index in [0.29, 0.717) is 24.5 Å². The number of fused-ring (bicyclic) bond motifs is 2. The van der Waals surface area contributed by atoms with Gasteiger partial charge in [0.2, 0.25) is 0 Å². The van der Waals surface area contributed by atoms with E-state index in [1.807, 2.05) is 42.5 Å². The summed E-state index contributed by atoms with van der Waals surface area (Å²) in [6.07, 6.45) is 0. The van der Waals surface area contributed by atoms with Gasteiger partial charge in [0.1, 0.15) is 13.2 Å². The average Bonchev–Trinajstić information content (AvgIpc) is 2.66. The van der Waals surface area contributed by atoms with Gasteiger partial charge < -0.3 is 20.9 Å². The monoisotopic (exact) mass is 347 g/mol. The van der Waals surface area contributed by atoms with Gasteiger partial charge in [0.15, 0.2) is 17.5 Å². The number of carbonyl (C=O) groups is 1. The number of amides is 1. The average molecular weight is 347 g/mol. The SMILES string of the molecule is NC(N)=NC(=O)c1ccc2cccc(-c3cccc4c3OCCO4)c2c1. The van der Waals surface area contributed by atoms with E-state index >= 15 is 0 Å². The fraction of sp³-hybridized carbons (Fsp3) is 0.100. The molecule has 0 radical (unpaired) electrons. The van der Waals surface area contributed by atoms with Gasteiger partial charge in [-0.05, 0) is 34.5 Å². The van der Waals surface area contributed by atoms with Crippen LogP contribution in [0.15, 0.2) is 59.6 Å². The second-order valence-electron chi connectivity index (χ2n) is 5.91. The lowest BCUT2D eigenvalue weighted by Crippen LogP contribution is -2.24. The molecule has 6 heteroatoms. The molecular formula is C20H17N3O3. The van der Waals surface area contributed by atoms with E-state index in [2.05, 4.69) is 4.99 Å². The number of aliphatic imine (C=N–C) groups is 1. The van der Waals surface area contributed by atoms with Crippen LogP contribution in [0.2, 0.25) is 0 Å². The second-order valence-corrected chi connectivity index (χ2v) is 5.91. The highest BCUT2D eigenvalue weighted by Gasteiger charge is 2.18. The van der Waals surface area contributed by atoms with Crippen molar-refractivity contribution in [3.63, 3.8) is 0 Å². The molecule has 0 aliphatic carbocycles. The third-order valence-electron chi connectivity index (χ3n) is 4.22. The fourth-order valence-corrected chi connectivity index (χ4v) is 3.11. The molecule has 130 valence electrons. The van der Waals surface area contributed by atoms with Crippen LogP contribution in [0, 0.1) is 0 Å². The van der Waals surface area contributed by atoms with Crippen LogP contribution in [0.5, 0.6) is 11.5 Å². The van der Waals surface area contributed by atoms with Gasteiger partial charge in [0, 0.05) is 11.1 Å². The van der Waals surface area contributed by atoms with Crippen LogP contribution >= 0.6 is 0 Å². The zero-order chi connectivity index (χ0) is 18.1. The first-order chi connectivity index (χ1) is 12.6. The third-order valence-corrected chi connectivity index (χ3v) is 4.22. The van der Waals surface area contributed by atoms with Crippen LogP contribution in [0.3, 0.4) is 0 Å². The first-order valence-corrected chi connectivity index (χ1v) is 8.19. The molecule has 1 heterocycles. The van der Waals surface area contributed by atoms with Gasteiger partial charge >= 0.3 is 0 Å². The summed E-state index contributed by atoms with van der Waals surface area (Å²) in [5.74, 6) is 0.702. The van der Waals surface area contributed by atoms with Crippen molar-refractivity contribution in [2.45, 2.75) is 0 Å². The maximum absolute atomic E-state index is 12.2. The Kier molecular flexibility index (Phi) is 3.93. The van der Waals surface area contributed by atoms with E-state index in [-0.39, 0.29) is 5.96 Å². The molecule has 1 aliphatic rings. The quantitative estimate of drug-likeness (QED) is 0.548. The van der Waals surface area contributed by atoms with Crippen LogP contribution in [-0.2, 0) is 0 Å². The normalized spacial score (nSPS) is 12.6. The van der Waals surface area contributed by atoms with Crippen LogP contribution in [0.1, 0.15) is 10.4 Å². The summed E-state index contributed by atoms with van der Waals surface area (Å²) in [6.45, 7) is 1.03. The predicted octanol–water partition coefficient (Wildman–Crippen LogP) is 2.69. The number of hydrogen-bond acceptors (Lipinski definition) is 3. The molecule has 0 spiro atoms. The van der Waals surface area contributed by atoms with Crippen LogP contribution < -0.4 is 20.9 Å². The molecule has 26 heavy (non-hydrogen) atoms. The van der Waals surface area contributed by atoms with Gasteiger partial charge in [-0.25, -0.2) is 0 Å². The summed E-state index contributed by atoms with van der Waals surface area (Å²) in [7, 11) is 0. The molecule has 6 nitrogen and oxygen atoms in total. The Balaban J connectivity index is 1.91. The van der Waals surface area contributed by atoms with Gasteiger partial charge in [-0.2, -0.15) is 4.99 Å². The lowest BCUT2D eigenvalue weighted by molar-refractivity contribution is 0.100. The van der Waals surface area contributed by atoms with Gasteiger partial charge in [-0.15, -0.1) is 0 Å².